The molecule has 3 aromatic rings. The molecule has 2 aliphatic heterocycles. The molecular formula is C20H21N7OS. The van der Waals surface area contributed by atoms with Gasteiger partial charge in [-0.2, -0.15) is 5.10 Å². The van der Waals surface area contributed by atoms with Crippen molar-refractivity contribution in [3.05, 3.63) is 54.9 Å². The van der Waals surface area contributed by atoms with Crippen molar-refractivity contribution in [3.63, 3.8) is 0 Å². The van der Waals surface area contributed by atoms with Gasteiger partial charge < -0.3 is 10.2 Å². The second-order valence-corrected chi connectivity index (χ2v) is 8.67. The molecule has 0 saturated carbocycles. The largest absolute Gasteiger partial charge is 0.337 e. The van der Waals surface area contributed by atoms with Gasteiger partial charge in [-0.05, 0) is 31.0 Å². The van der Waals surface area contributed by atoms with Gasteiger partial charge in [0.25, 0.3) is 5.91 Å². The summed E-state index contributed by atoms with van der Waals surface area (Å²) in [7, 11) is 0. The Balaban J connectivity index is 1.45. The Morgan fingerprint density at radius 3 is 2.62 bits per heavy atom. The second kappa shape index (κ2) is 7.57. The lowest BCUT2D eigenvalue weighted by atomic mass is 10.0. The number of hydrogen-bond donors (Lipinski definition) is 1. The average molecular weight is 408 g/mol. The van der Waals surface area contributed by atoms with Crippen LogP contribution in [0.1, 0.15) is 23.3 Å². The molecule has 5 heterocycles. The van der Waals surface area contributed by atoms with Crippen molar-refractivity contribution in [1.29, 1.82) is 0 Å². The highest BCUT2D eigenvalue weighted by Gasteiger charge is 2.39. The van der Waals surface area contributed by atoms with E-state index in [9.17, 15) is 4.79 Å². The highest BCUT2D eigenvalue weighted by Crippen LogP contribution is 2.37. The molecule has 0 bridgehead atoms. The molecule has 1 spiro atoms. The van der Waals surface area contributed by atoms with Crippen LogP contribution in [0.2, 0.25) is 0 Å². The number of nitrogens with zero attached hydrogens (tertiary/aromatic N) is 6. The van der Waals surface area contributed by atoms with Crippen LogP contribution < -0.4 is 5.32 Å². The number of rotatable bonds is 3. The minimum absolute atomic E-state index is 0.0409. The smallest absolute Gasteiger partial charge is 0.274 e. The average Bonchev–Trinajstić information content (AvgIpc) is 3.43. The third-order valence-corrected chi connectivity index (χ3v) is 6.97. The summed E-state index contributed by atoms with van der Waals surface area (Å²) in [6, 6.07) is 5.62. The van der Waals surface area contributed by atoms with Gasteiger partial charge in [-0.25, -0.2) is 9.67 Å². The topological polar surface area (TPSA) is 88.8 Å². The van der Waals surface area contributed by atoms with Gasteiger partial charge in [0.05, 0.1) is 16.8 Å². The number of carbonyl (C=O) groups is 1. The highest BCUT2D eigenvalue weighted by atomic mass is 32.2. The number of likely N-dealkylation sites (tertiary alicyclic amines) is 1. The third-order valence-electron chi connectivity index (χ3n) is 5.46. The van der Waals surface area contributed by atoms with Gasteiger partial charge in [0.15, 0.2) is 11.5 Å². The van der Waals surface area contributed by atoms with Crippen LogP contribution in [0.25, 0.3) is 17.1 Å². The lowest BCUT2D eigenvalue weighted by molar-refractivity contribution is 0.0690. The molecule has 148 valence electrons. The van der Waals surface area contributed by atoms with E-state index in [0.717, 1.165) is 49.5 Å². The molecule has 5 rings (SSSR count). The zero-order valence-electron chi connectivity index (χ0n) is 15.9. The number of thioether (sulfide) groups is 1. The van der Waals surface area contributed by atoms with E-state index >= 15 is 0 Å². The van der Waals surface area contributed by atoms with Gasteiger partial charge in [-0.1, -0.05) is 0 Å². The first-order valence-electron chi connectivity index (χ1n) is 9.69. The first kappa shape index (κ1) is 18.3. The van der Waals surface area contributed by atoms with E-state index in [-0.39, 0.29) is 10.8 Å². The molecule has 0 aliphatic carbocycles. The summed E-state index contributed by atoms with van der Waals surface area (Å²) < 4.78 is 1.68. The number of hydrogen-bond acceptors (Lipinski definition) is 7. The van der Waals surface area contributed by atoms with Crippen LogP contribution >= 0.6 is 11.8 Å². The zero-order valence-corrected chi connectivity index (χ0v) is 16.7. The van der Waals surface area contributed by atoms with E-state index in [1.54, 1.807) is 35.7 Å². The molecule has 29 heavy (non-hydrogen) atoms. The zero-order chi connectivity index (χ0) is 19.7. The lowest BCUT2D eigenvalue weighted by Gasteiger charge is -2.38. The maximum absolute atomic E-state index is 13.2. The van der Waals surface area contributed by atoms with Crippen molar-refractivity contribution < 1.29 is 4.79 Å². The molecule has 1 N–H and O–H groups in total. The molecule has 2 fully saturated rings. The van der Waals surface area contributed by atoms with E-state index in [2.05, 4.69) is 25.4 Å². The SMILES string of the molecule is O=C(c1cc(-c2ccncc2)n(-c2cnccn2)n1)N1CCC2(CC1)NCCS2. The summed E-state index contributed by atoms with van der Waals surface area (Å²) in [5.74, 6) is 1.68. The summed E-state index contributed by atoms with van der Waals surface area (Å²) in [5.41, 5.74) is 2.13. The van der Waals surface area contributed by atoms with Gasteiger partial charge in [0, 0.05) is 55.7 Å². The summed E-state index contributed by atoms with van der Waals surface area (Å²) in [6.45, 7) is 2.53. The Morgan fingerprint density at radius 2 is 1.93 bits per heavy atom. The number of aromatic nitrogens is 5. The Morgan fingerprint density at radius 1 is 1.10 bits per heavy atom. The maximum atomic E-state index is 13.2. The number of amides is 1. The van der Waals surface area contributed by atoms with E-state index in [1.807, 2.05) is 34.9 Å². The van der Waals surface area contributed by atoms with Crippen molar-refractivity contribution in [2.45, 2.75) is 17.7 Å². The number of nitrogens with one attached hydrogen (secondary N) is 1. The predicted molar refractivity (Wildman–Crippen MR) is 111 cm³/mol. The number of carbonyl (C=O) groups excluding carboxylic acids is 1. The van der Waals surface area contributed by atoms with Crippen LogP contribution in [-0.2, 0) is 0 Å². The molecule has 0 aromatic carbocycles. The molecule has 0 radical (unpaired) electrons. The molecule has 1 amide bonds. The molecule has 0 unspecified atom stereocenters. The van der Waals surface area contributed by atoms with E-state index in [1.165, 1.54) is 0 Å². The summed E-state index contributed by atoms with van der Waals surface area (Å²) >= 11 is 1.99. The van der Waals surface area contributed by atoms with Gasteiger partial charge in [-0.3, -0.25) is 14.8 Å². The van der Waals surface area contributed by atoms with Crippen LogP contribution in [0.5, 0.6) is 0 Å². The molecule has 9 heteroatoms. The summed E-state index contributed by atoms with van der Waals surface area (Å²) in [6.07, 6.45) is 10.2. The molecule has 8 nitrogen and oxygen atoms in total. The van der Waals surface area contributed by atoms with Crippen molar-refractivity contribution in [2.24, 2.45) is 0 Å². The van der Waals surface area contributed by atoms with Crippen LogP contribution in [0.4, 0.5) is 0 Å². The van der Waals surface area contributed by atoms with E-state index in [0.29, 0.717) is 11.5 Å². The fraction of sp³-hybridized carbons (Fsp3) is 0.350. The van der Waals surface area contributed by atoms with Crippen LogP contribution in [-0.4, -0.2) is 65.8 Å². The Labute approximate surface area is 172 Å². The molecule has 2 saturated heterocycles. The van der Waals surface area contributed by atoms with Crippen molar-refractivity contribution >= 4 is 17.7 Å². The monoisotopic (exact) mass is 407 g/mol. The first-order chi connectivity index (χ1) is 14.2. The highest BCUT2D eigenvalue weighted by molar-refractivity contribution is 8.00. The van der Waals surface area contributed by atoms with E-state index in [4.69, 9.17) is 0 Å². The Kier molecular flexibility index (Phi) is 4.76. The van der Waals surface area contributed by atoms with Gasteiger partial charge in [0.1, 0.15) is 0 Å². The van der Waals surface area contributed by atoms with Crippen LogP contribution in [0, 0.1) is 0 Å². The fourth-order valence-corrected chi connectivity index (χ4v) is 5.19. The molecule has 0 atom stereocenters. The minimum atomic E-state index is -0.0409. The fourth-order valence-electron chi connectivity index (χ4n) is 3.92. The van der Waals surface area contributed by atoms with Crippen molar-refractivity contribution in [1.82, 2.24) is 34.9 Å². The maximum Gasteiger partial charge on any atom is 0.274 e. The van der Waals surface area contributed by atoms with Crippen LogP contribution in [0.15, 0.2) is 49.2 Å². The quantitative estimate of drug-likeness (QED) is 0.710. The Hall–Kier alpha value is -2.78. The third kappa shape index (κ3) is 3.51. The lowest BCUT2D eigenvalue weighted by Crippen LogP contribution is -2.50. The Bertz CT molecular complexity index is 935. The van der Waals surface area contributed by atoms with E-state index < -0.39 is 0 Å². The standard InChI is InChI=1S/C20H21N7OS/c28-19(26-10-3-20(4-11-26)24-9-12-29-20)16-13-17(15-1-5-21-6-2-15)27(25-16)18-14-22-7-8-23-18/h1-2,5-8,13-14,24H,3-4,9-12H2. The van der Waals surface area contributed by atoms with Crippen LogP contribution in [0.3, 0.4) is 0 Å². The number of piperidine rings is 1. The minimum Gasteiger partial charge on any atom is -0.337 e. The van der Waals surface area contributed by atoms with Crippen molar-refractivity contribution in [3.8, 4) is 17.1 Å². The van der Waals surface area contributed by atoms with Gasteiger partial charge in [-0.15, -0.1) is 11.8 Å². The molecular weight excluding hydrogens is 386 g/mol. The summed E-state index contributed by atoms with van der Waals surface area (Å²) in [5, 5.41) is 8.21. The normalized spacial score (nSPS) is 18.3. The summed E-state index contributed by atoms with van der Waals surface area (Å²) in [4.78, 5) is 27.8. The predicted octanol–water partition coefficient (Wildman–Crippen LogP) is 1.99. The number of pyridine rings is 1. The second-order valence-electron chi connectivity index (χ2n) is 7.19. The van der Waals surface area contributed by atoms with Crippen molar-refractivity contribution in [2.75, 3.05) is 25.4 Å². The van der Waals surface area contributed by atoms with Gasteiger partial charge in [0.2, 0.25) is 0 Å². The van der Waals surface area contributed by atoms with Gasteiger partial charge >= 0.3 is 0 Å². The molecule has 2 aliphatic rings. The molecule has 3 aromatic heterocycles. The first-order valence-corrected chi connectivity index (χ1v) is 10.7.